The van der Waals surface area contributed by atoms with Gasteiger partial charge in [-0.05, 0) is 22.9 Å². The molecule has 1 aromatic heterocycles. The zero-order chi connectivity index (χ0) is 20.9. The number of amides is 2. The molecule has 2 aromatic rings. The molecule has 30 heavy (non-hydrogen) atoms. The minimum atomic E-state index is -0.274. The topological polar surface area (TPSA) is 61.9 Å². The molecule has 1 fully saturated rings. The molecule has 2 aliphatic rings. The van der Waals surface area contributed by atoms with Crippen LogP contribution in [-0.4, -0.2) is 54.3 Å². The zero-order valence-electron chi connectivity index (χ0n) is 17.0. The Morgan fingerprint density at radius 3 is 2.97 bits per heavy atom. The first-order valence-electron chi connectivity index (χ1n) is 10.3. The van der Waals surface area contributed by atoms with Crippen molar-refractivity contribution < 1.29 is 14.3 Å². The predicted molar refractivity (Wildman–Crippen MR) is 117 cm³/mol. The molecular weight excluding hydrogens is 398 g/mol. The third kappa shape index (κ3) is 4.74. The van der Waals surface area contributed by atoms with Crippen LogP contribution in [0.5, 0.6) is 5.75 Å². The average Bonchev–Trinajstić information content (AvgIpc) is 3.35. The van der Waals surface area contributed by atoms with Crippen LogP contribution in [0.25, 0.3) is 0 Å². The van der Waals surface area contributed by atoms with Crippen molar-refractivity contribution in [2.75, 3.05) is 32.7 Å². The van der Waals surface area contributed by atoms with E-state index in [9.17, 15) is 9.59 Å². The Balaban J connectivity index is 1.35. The third-order valence-electron chi connectivity index (χ3n) is 5.64. The van der Waals surface area contributed by atoms with Gasteiger partial charge in [0.15, 0.2) is 0 Å². The van der Waals surface area contributed by atoms with E-state index >= 15 is 0 Å². The van der Waals surface area contributed by atoms with Crippen molar-refractivity contribution in [2.24, 2.45) is 5.92 Å². The number of hydrogen-bond donors (Lipinski definition) is 1. The molecule has 7 heteroatoms. The van der Waals surface area contributed by atoms with Crippen molar-refractivity contribution >= 4 is 23.2 Å². The van der Waals surface area contributed by atoms with E-state index in [2.05, 4.69) is 39.7 Å². The minimum absolute atomic E-state index is 0.0231. The molecule has 2 amide bonds. The molecule has 2 unspecified atom stereocenters. The van der Waals surface area contributed by atoms with Crippen LogP contribution < -0.4 is 10.1 Å². The first-order valence-corrected chi connectivity index (χ1v) is 11.2. The Kier molecular flexibility index (Phi) is 6.50. The predicted octanol–water partition coefficient (Wildman–Crippen LogP) is 2.83. The Labute approximate surface area is 181 Å². The number of carbonyl (C=O) groups excluding carboxylic acids is 2. The van der Waals surface area contributed by atoms with E-state index in [0.29, 0.717) is 19.6 Å². The second kappa shape index (κ2) is 9.45. The van der Waals surface area contributed by atoms with Gasteiger partial charge in [-0.15, -0.1) is 6.58 Å². The van der Waals surface area contributed by atoms with Gasteiger partial charge in [0, 0.05) is 56.8 Å². The van der Waals surface area contributed by atoms with Crippen LogP contribution in [0.3, 0.4) is 0 Å². The van der Waals surface area contributed by atoms with Gasteiger partial charge in [-0.1, -0.05) is 24.3 Å². The smallest absolute Gasteiger partial charge is 0.225 e. The summed E-state index contributed by atoms with van der Waals surface area (Å²) >= 11 is 1.67. The minimum Gasteiger partial charge on any atom is -0.484 e. The molecule has 0 aliphatic carbocycles. The highest BCUT2D eigenvalue weighted by Crippen LogP contribution is 2.31. The average molecular weight is 426 g/mol. The second-order valence-corrected chi connectivity index (χ2v) is 8.57. The number of hydrogen-bond acceptors (Lipinski definition) is 5. The summed E-state index contributed by atoms with van der Waals surface area (Å²) in [7, 11) is 0. The number of para-hydroxylation sites is 1. The molecule has 2 aliphatic heterocycles. The molecule has 0 radical (unpaired) electrons. The van der Waals surface area contributed by atoms with Gasteiger partial charge >= 0.3 is 0 Å². The number of benzene rings is 1. The maximum absolute atomic E-state index is 12.5. The fourth-order valence-corrected chi connectivity index (χ4v) is 4.75. The van der Waals surface area contributed by atoms with Crippen LogP contribution in [0, 0.1) is 5.92 Å². The third-order valence-corrected chi connectivity index (χ3v) is 6.34. The fraction of sp³-hybridized carbons (Fsp3) is 0.391. The van der Waals surface area contributed by atoms with Gasteiger partial charge in [0.1, 0.15) is 11.9 Å². The lowest BCUT2D eigenvalue weighted by atomic mass is 10.1. The molecule has 4 rings (SSSR count). The number of ether oxygens (including phenoxy) is 1. The highest BCUT2D eigenvalue weighted by atomic mass is 32.1. The SMILES string of the molecule is C=CCN1CC(C(=O)NCCN2Cc3ccccc3OC(c3ccsc3)C2)CC1=O. The van der Waals surface area contributed by atoms with Crippen molar-refractivity contribution in [3.05, 3.63) is 64.9 Å². The molecule has 0 bridgehead atoms. The summed E-state index contributed by atoms with van der Waals surface area (Å²) < 4.78 is 6.31. The van der Waals surface area contributed by atoms with E-state index in [1.54, 1.807) is 22.3 Å². The highest BCUT2D eigenvalue weighted by molar-refractivity contribution is 7.07. The molecule has 1 saturated heterocycles. The maximum atomic E-state index is 12.5. The lowest BCUT2D eigenvalue weighted by Gasteiger charge is -2.24. The van der Waals surface area contributed by atoms with Gasteiger partial charge in [0.2, 0.25) is 11.8 Å². The van der Waals surface area contributed by atoms with E-state index in [0.717, 1.165) is 30.9 Å². The summed E-state index contributed by atoms with van der Waals surface area (Å²) in [5.41, 5.74) is 2.33. The first-order chi connectivity index (χ1) is 14.6. The lowest BCUT2D eigenvalue weighted by molar-refractivity contribution is -0.128. The number of thiophene rings is 1. The molecule has 1 aromatic carbocycles. The zero-order valence-corrected chi connectivity index (χ0v) is 17.8. The Bertz CT molecular complexity index is 899. The standard InChI is InChI=1S/C23H27N3O3S/c1-2-9-26-14-19(12-22(26)27)23(28)24-8-10-25-13-17-5-3-4-6-20(17)29-21(15-25)18-7-11-30-16-18/h2-7,11,16,19,21H,1,8-10,12-15H2,(H,24,28). The van der Waals surface area contributed by atoms with Crippen LogP contribution in [0.15, 0.2) is 53.7 Å². The van der Waals surface area contributed by atoms with Gasteiger partial charge in [0.05, 0.1) is 5.92 Å². The Hall–Kier alpha value is -2.64. The van der Waals surface area contributed by atoms with E-state index in [4.69, 9.17) is 4.74 Å². The Morgan fingerprint density at radius 1 is 1.30 bits per heavy atom. The normalized spacial score (nSPS) is 21.6. The van der Waals surface area contributed by atoms with Crippen molar-refractivity contribution in [1.82, 2.24) is 15.1 Å². The van der Waals surface area contributed by atoms with Crippen LogP contribution >= 0.6 is 11.3 Å². The van der Waals surface area contributed by atoms with Gasteiger partial charge in [-0.25, -0.2) is 0 Å². The van der Waals surface area contributed by atoms with Crippen LogP contribution in [0.1, 0.15) is 23.7 Å². The van der Waals surface area contributed by atoms with E-state index in [1.165, 1.54) is 5.56 Å². The largest absolute Gasteiger partial charge is 0.484 e. The summed E-state index contributed by atoms with van der Waals surface area (Å²) in [6.07, 6.45) is 1.95. The molecule has 3 heterocycles. The molecule has 0 spiro atoms. The molecule has 6 nitrogen and oxygen atoms in total. The van der Waals surface area contributed by atoms with E-state index in [1.807, 2.05) is 18.2 Å². The first kappa shape index (κ1) is 20.6. The van der Waals surface area contributed by atoms with E-state index in [-0.39, 0.29) is 30.3 Å². The number of nitrogens with one attached hydrogen (secondary N) is 1. The summed E-state index contributed by atoms with van der Waals surface area (Å²) in [6.45, 7) is 7.45. The van der Waals surface area contributed by atoms with Crippen molar-refractivity contribution in [2.45, 2.75) is 19.1 Å². The van der Waals surface area contributed by atoms with Gasteiger partial charge in [-0.3, -0.25) is 14.5 Å². The molecule has 158 valence electrons. The van der Waals surface area contributed by atoms with Crippen LogP contribution in [-0.2, 0) is 16.1 Å². The van der Waals surface area contributed by atoms with Gasteiger partial charge in [0.25, 0.3) is 0 Å². The Morgan fingerprint density at radius 2 is 2.17 bits per heavy atom. The van der Waals surface area contributed by atoms with Crippen LogP contribution in [0.2, 0.25) is 0 Å². The summed E-state index contributed by atoms with van der Waals surface area (Å²) in [6, 6.07) is 10.2. The number of rotatable bonds is 7. The molecule has 0 saturated carbocycles. The van der Waals surface area contributed by atoms with Crippen LogP contribution in [0.4, 0.5) is 0 Å². The number of nitrogens with zero attached hydrogens (tertiary/aromatic N) is 2. The maximum Gasteiger partial charge on any atom is 0.225 e. The summed E-state index contributed by atoms with van der Waals surface area (Å²) in [5, 5.41) is 7.22. The summed E-state index contributed by atoms with van der Waals surface area (Å²) in [5.74, 6) is 0.627. The molecule has 2 atom stereocenters. The highest BCUT2D eigenvalue weighted by Gasteiger charge is 2.33. The monoisotopic (exact) mass is 425 g/mol. The van der Waals surface area contributed by atoms with Gasteiger partial charge < -0.3 is 15.0 Å². The number of fused-ring (bicyclic) bond motifs is 1. The van der Waals surface area contributed by atoms with Crippen molar-refractivity contribution in [3.8, 4) is 5.75 Å². The fourth-order valence-electron chi connectivity index (χ4n) is 4.04. The summed E-state index contributed by atoms with van der Waals surface area (Å²) in [4.78, 5) is 28.5. The van der Waals surface area contributed by atoms with E-state index < -0.39 is 0 Å². The van der Waals surface area contributed by atoms with Crippen molar-refractivity contribution in [1.29, 1.82) is 0 Å². The van der Waals surface area contributed by atoms with Gasteiger partial charge in [-0.2, -0.15) is 11.3 Å². The number of carbonyl (C=O) groups is 2. The second-order valence-electron chi connectivity index (χ2n) is 7.79. The lowest BCUT2D eigenvalue weighted by Crippen LogP contribution is -2.39. The quantitative estimate of drug-likeness (QED) is 0.693. The number of likely N-dealkylation sites (tertiary alicyclic amines) is 1. The molecular formula is C23H27N3O3S. The van der Waals surface area contributed by atoms with Crippen molar-refractivity contribution in [3.63, 3.8) is 0 Å². The molecule has 1 N–H and O–H groups in total.